The smallest absolute Gasteiger partial charge is 0.167 e. The van der Waals surface area contributed by atoms with Crippen LogP contribution in [0.25, 0.3) is 0 Å². The Hall–Kier alpha value is -1.45. The highest BCUT2D eigenvalue weighted by molar-refractivity contribution is 5.56. The lowest BCUT2D eigenvalue weighted by Gasteiger charge is -2.12. The number of anilines is 1. The fraction of sp³-hybridized carbons (Fsp3) is 0.571. The molecule has 102 valence electrons. The zero-order valence-electron chi connectivity index (χ0n) is 11.2. The van der Waals surface area contributed by atoms with Gasteiger partial charge in [-0.1, -0.05) is 26.2 Å². The van der Waals surface area contributed by atoms with E-state index in [1.807, 2.05) is 0 Å². The van der Waals surface area contributed by atoms with Crippen molar-refractivity contribution in [3.05, 3.63) is 17.9 Å². The molecule has 3 nitrogen and oxygen atoms in total. The Bertz CT molecular complexity index is 369. The van der Waals surface area contributed by atoms with Gasteiger partial charge in [-0.25, -0.2) is 4.39 Å². The van der Waals surface area contributed by atoms with Crippen LogP contribution in [-0.2, 0) is 0 Å². The second-order valence-electron chi connectivity index (χ2n) is 4.16. The van der Waals surface area contributed by atoms with Gasteiger partial charge in [0.25, 0.3) is 0 Å². The van der Waals surface area contributed by atoms with E-state index in [-0.39, 0.29) is 5.75 Å². The average Bonchev–Trinajstić information content (AvgIpc) is 2.34. The first-order chi connectivity index (χ1) is 8.69. The summed E-state index contributed by atoms with van der Waals surface area (Å²) in [5.74, 6) is 0.235. The van der Waals surface area contributed by atoms with Crippen LogP contribution in [-0.4, -0.2) is 13.2 Å². The maximum Gasteiger partial charge on any atom is 0.167 e. The first-order valence-corrected chi connectivity index (χ1v) is 6.53. The van der Waals surface area contributed by atoms with Crippen molar-refractivity contribution >= 4 is 5.69 Å². The number of benzene rings is 1. The Balaban J connectivity index is 2.56. The highest BCUT2D eigenvalue weighted by atomic mass is 19.1. The molecule has 0 radical (unpaired) electrons. The molecule has 0 unspecified atom stereocenters. The predicted molar refractivity (Wildman–Crippen MR) is 71.6 cm³/mol. The lowest BCUT2D eigenvalue weighted by Crippen LogP contribution is -2.03. The van der Waals surface area contributed by atoms with Crippen LogP contribution in [0.4, 0.5) is 10.1 Å². The van der Waals surface area contributed by atoms with Gasteiger partial charge in [0.15, 0.2) is 11.6 Å². The van der Waals surface area contributed by atoms with Crippen molar-refractivity contribution in [3.8, 4) is 11.5 Å². The molecule has 0 saturated heterocycles. The van der Waals surface area contributed by atoms with Crippen LogP contribution in [0.3, 0.4) is 0 Å². The number of unbranched alkanes of at least 4 members (excludes halogenated alkanes) is 3. The minimum Gasteiger partial charge on any atom is -0.491 e. The van der Waals surface area contributed by atoms with Crippen LogP contribution in [0.2, 0.25) is 0 Å². The zero-order chi connectivity index (χ0) is 13.4. The molecular formula is C14H22FNO2. The summed E-state index contributed by atoms with van der Waals surface area (Å²) >= 11 is 0. The van der Waals surface area contributed by atoms with Crippen LogP contribution in [0.5, 0.6) is 11.5 Å². The molecule has 0 atom stereocenters. The predicted octanol–water partition coefficient (Wildman–Crippen LogP) is 3.77. The second kappa shape index (κ2) is 7.80. The Kier molecular flexibility index (Phi) is 6.33. The van der Waals surface area contributed by atoms with Crippen LogP contribution >= 0.6 is 0 Å². The number of rotatable bonds is 8. The molecule has 0 bridgehead atoms. The van der Waals surface area contributed by atoms with Gasteiger partial charge in [0.1, 0.15) is 5.75 Å². The van der Waals surface area contributed by atoms with Gasteiger partial charge in [0.2, 0.25) is 0 Å². The summed E-state index contributed by atoms with van der Waals surface area (Å²) < 4.78 is 24.2. The average molecular weight is 255 g/mol. The van der Waals surface area contributed by atoms with E-state index in [9.17, 15) is 4.39 Å². The van der Waals surface area contributed by atoms with E-state index in [2.05, 4.69) is 6.92 Å². The van der Waals surface area contributed by atoms with Gasteiger partial charge < -0.3 is 15.2 Å². The van der Waals surface area contributed by atoms with Gasteiger partial charge in [-0.2, -0.15) is 0 Å². The Morgan fingerprint density at radius 3 is 2.50 bits per heavy atom. The lowest BCUT2D eigenvalue weighted by molar-refractivity contribution is 0.295. The van der Waals surface area contributed by atoms with Crippen molar-refractivity contribution in [2.45, 2.75) is 39.5 Å². The monoisotopic (exact) mass is 255 g/mol. The second-order valence-corrected chi connectivity index (χ2v) is 4.16. The van der Waals surface area contributed by atoms with Crippen LogP contribution in [0.15, 0.2) is 12.1 Å². The minimum atomic E-state index is -0.451. The molecule has 0 amide bonds. The minimum absolute atomic E-state index is 0.190. The number of nitrogens with two attached hydrogens (primary N) is 1. The lowest BCUT2D eigenvalue weighted by atomic mass is 10.2. The van der Waals surface area contributed by atoms with Crippen LogP contribution < -0.4 is 15.2 Å². The van der Waals surface area contributed by atoms with Crippen molar-refractivity contribution in [2.24, 2.45) is 0 Å². The number of nitrogen functional groups attached to an aromatic ring is 1. The van der Waals surface area contributed by atoms with Gasteiger partial charge in [-0.15, -0.1) is 0 Å². The van der Waals surface area contributed by atoms with Crippen molar-refractivity contribution in [3.63, 3.8) is 0 Å². The summed E-state index contributed by atoms with van der Waals surface area (Å²) in [6.07, 6.45) is 4.50. The molecule has 0 fully saturated rings. The number of halogens is 1. The zero-order valence-corrected chi connectivity index (χ0v) is 11.2. The fourth-order valence-corrected chi connectivity index (χ4v) is 1.65. The summed E-state index contributed by atoms with van der Waals surface area (Å²) in [5.41, 5.74) is 6.02. The molecule has 0 aliphatic heterocycles. The molecule has 0 aromatic heterocycles. The molecule has 0 spiro atoms. The maximum absolute atomic E-state index is 13.4. The molecular weight excluding hydrogens is 233 g/mol. The highest BCUT2D eigenvalue weighted by Gasteiger charge is 2.09. The number of hydrogen-bond acceptors (Lipinski definition) is 3. The third kappa shape index (κ3) is 4.43. The van der Waals surface area contributed by atoms with E-state index in [0.717, 1.165) is 12.8 Å². The molecule has 2 N–H and O–H groups in total. The number of hydrogen-bond donors (Lipinski definition) is 1. The van der Waals surface area contributed by atoms with E-state index in [1.54, 1.807) is 6.92 Å². The molecule has 1 aromatic carbocycles. The standard InChI is InChI=1S/C14H22FNO2/c1-3-5-6-7-8-18-14-10-13(17-4-2)11(15)9-12(14)16/h9-10H,3-8,16H2,1-2H3. The quantitative estimate of drug-likeness (QED) is 0.568. The summed E-state index contributed by atoms with van der Waals surface area (Å²) in [6.45, 7) is 4.98. The van der Waals surface area contributed by atoms with E-state index in [0.29, 0.717) is 24.7 Å². The number of ether oxygens (including phenoxy) is 2. The van der Waals surface area contributed by atoms with Gasteiger partial charge in [0, 0.05) is 12.1 Å². The Morgan fingerprint density at radius 1 is 1.06 bits per heavy atom. The molecule has 18 heavy (non-hydrogen) atoms. The van der Waals surface area contributed by atoms with Crippen molar-refractivity contribution < 1.29 is 13.9 Å². The van der Waals surface area contributed by atoms with E-state index in [1.165, 1.54) is 25.0 Å². The highest BCUT2D eigenvalue weighted by Crippen LogP contribution is 2.30. The first kappa shape index (κ1) is 14.6. The van der Waals surface area contributed by atoms with Gasteiger partial charge in [-0.3, -0.25) is 0 Å². The molecule has 1 rings (SSSR count). The normalized spacial score (nSPS) is 10.4. The van der Waals surface area contributed by atoms with E-state index in [4.69, 9.17) is 15.2 Å². The molecule has 0 heterocycles. The molecule has 1 aromatic rings. The SMILES string of the molecule is CCCCCCOc1cc(OCC)c(F)cc1N. The summed E-state index contributed by atoms with van der Waals surface area (Å²) in [7, 11) is 0. The summed E-state index contributed by atoms with van der Waals surface area (Å²) in [5, 5.41) is 0. The third-order valence-corrected chi connectivity index (χ3v) is 2.62. The maximum atomic E-state index is 13.4. The molecule has 0 saturated carbocycles. The third-order valence-electron chi connectivity index (χ3n) is 2.62. The van der Waals surface area contributed by atoms with Gasteiger partial charge in [-0.05, 0) is 13.3 Å². The Labute approximate surface area is 108 Å². The van der Waals surface area contributed by atoms with E-state index < -0.39 is 5.82 Å². The first-order valence-electron chi connectivity index (χ1n) is 6.53. The van der Waals surface area contributed by atoms with Gasteiger partial charge >= 0.3 is 0 Å². The van der Waals surface area contributed by atoms with Crippen LogP contribution in [0.1, 0.15) is 39.5 Å². The summed E-state index contributed by atoms with van der Waals surface area (Å²) in [6, 6.07) is 2.76. The largest absolute Gasteiger partial charge is 0.491 e. The fourth-order valence-electron chi connectivity index (χ4n) is 1.65. The van der Waals surface area contributed by atoms with Crippen molar-refractivity contribution in [1.29, 1.82) is 0 Å². The van der Waals surface area contributed by atoms with Crippen molar-refractivity contribution in [2.75, 3.05) is 18.9 Å². The summed E-state index contributed by atoms with van der Waals surface area (Å²) in [4.78, 5) is 0. The topological polar surface area (TPSA) is 44.5 Å². The van der Waals surface area contributed by atoms with Crippen LogP contribution in [0, 0.1) is 5.82 Å². The molecule has 0 aliphatic carbocycles. The van der Waals surface area contributed by atoms with E-state index >= 15 is 0 Å². The molecule has 0 aliphatic rings. The Morgan fingerprint density at radius 2 is 1.83 bits per heavy atom. The molecule has 4 heteroatoms. The van der Waals surface area contributed by atoms with Crippen molar-refractivity contribution in [1.82, 2.24) is 0 Å². The van der Waals surface area contributed by atoms with Gasteiger partial charge in [0.05, 0.1) is 18.9 Å².